The van der Waals surface area contributed by atoms with E-state index in [4.69, 9.17) is 17.3 Å². The van der Waals surface area contributed by atoms with E-state index in [1.165, 1.54) is 0 Å². The maximum absolute atomic E-state index is 12.6. The molecular weight excluding hydrogens is 338 g/mol. The van der Waals surface area contributed by atoms with Crippen LogP contribution in [0, 0.1) is 11.3 Å². The van der Waals surface area contributed by atoms with Crippen LogP contribution in [0.3, 0.4) is 0 Å². The molecule has 1 unspecified atom stereocenters. The summed E-state index contributed by atoms with van der Waals surface area (Å²) >= 11 is 6.18. The van der Waals surface area contributed by atoms with Gasteiger partial charge in [-0.2, -0.15) is 0 Å². The minimum absolute atomic E-state index is 0.102. The van der Waals surface area contributed by atoms with Crippen LogP contribution in [-0.4, -0.2) is 23.9 Å². The van der Waals surface area contributed by atoms with Crippen molar-refractivity contribution in [1.82, 2.24) is 5.32 Å². The van der Waals surface area contributed by atoms with E-state index in [2.05, 4.69) is 10.6 Å². The predicted octanol–water partition coefficient (Wildman–Crippen LogP) is 3.82. The molecule has 0 saturated carbocycles. The third-order valence-corrected chi connectivity index (χ3v) is 4.61. The number of hydrogen-bond acceptors (Lipinski definition) is 3. The highest BCUT2D eigenvalue weighted by molar-refractivity contribution is 6.34. The number of benzene rings is 1. The van der Waals surface area contributed by atoms with E-state index in [0.717, 1.165) is 0 Å². The number of carbonyl (C=O) groups excluding carboxylic acids is 2. The van der Waals surface area contributed by atoms with Gasteiger partial charge in [0.15, 0.2) is 0 Å². The Bertz CT molecular complexity index is 638. The van der Waals surface area contributed by atoms with Crippen LogP contribution in [0.25, 0.3) is 0 Å². The summed E-state index contributed by atoms with van der Waals surface area (Å²) in [5.41, 5.74) is 6.03. The van der Waals surface area contributed by atoms with Crippen molar-refractivity contribution in [2.24, 2.45) is 17.1 Å². The zero-order valence-corrected chi connectivity index (χ0v) is 16.8. The van der Waals surface area contributed by atoms with Crippen LogP contribution in [0.5, 0.6) is 0 Å². The second kappa shape index (κ2) is 8.19. The average molecular weight is 368 g/mol. The van der Waals surface area contributed by atoms with Crippen molar-refractivity contribution in [3.8, 4) is 0 Å². The summed E-state index contributed by atoms with van der Waals surface area (Å²) in [5, 5.41) is 6.10. The molecule has 0 fully saturated rings. The lowest BCUT2D eigenvalue weighted by molar-refractivity contribution is -0.117. The van der Waals surface area contributed by atoms with Gasteiger partial charge in [0.1, 0.15) is 0 Å². The van der Waals surface area contributed by atoms with Crippen molar-refractivity contribution < 1.29 is 9.59 Å². The van der Waals surface area contributed by atoms with Gasteiger partial charge in [0.25, 0.3) is 5.91 Å². The predicted molar refractivity (Wildman–Crippen MR) is 104 cm³/mol. The summed E-state index contributed by atoms with van der Waals surface area (Å²) in [6, 6.07) is 4.89. The average Bonchev–Trinajstić information content (AvgIpc) is 2.46. The Morgan fingerprint density at radius 1 is 1.20 bits per heavy atom. The van der Waals surface area contributed by atoms with Crippen LogP contribution < -0.4 is 16.4 Å². The molecule has 6 heteroatoms. The molecule has 1 atom stereocenters. The third kappa shape index (κ3) is 6.33. The zero-order valence-electron chi connectivity index (χ0n) is 16.0. The monoisotopic (exact) mass is 367 g/mol. The van der Waals surface area contributed by atoms with E-state index in [1.807, 2.05) is 41.5 Å². The first kappa shape index (κ1) is 21.5. The lowest BCUT2D eigenvalue weighted by Crippen LogP contribution is -2.55. The molecule has 5 nitrogen and oxygen atoms in total. The highest BCUT2D eigenvalue weighted by Crippen LogP contribution is 2.24. The highest BCUT2D eigenvalue weighted by Gasteiger charge is 2.29. The van der Waals surface area contributed by atoms with E-state index in [0.29, 0.717) is 29.2 Å². The van der Waals surface area contributed by atoms with Crippen molar-refractivity contribution in [1.29, 1.82) is 0 Å². The van der Waals surface area contributed by atoms with E-state index < -0.39 is 5.54 Å². The molecule has 0 aromatic heterocycles. The van der Waals surface area contributed by atoms with Crippen molar-refractivity contribution in [3.63, 3.8) is 0 Å². The summed E-state index contributed by atoms with van der Waals surface area (Å²) in [6.45, 7) is 12.2. The minimum Gasteiger partial charge on any atom is -0.345 e. The third-order valence-electron chi connectivity index (χ3n) is 4.28. The van der Waals surface area contributed by atoms with Gasteiger partial charge in [0.2, 0.25) is 5.91 Å². The van der Waals surface area contributed by atoms with Gasteiger partial charge in [-0.05, 0) is 36.5 Å². The molecule has 1 rings (SSSR count). The van der Waals surface area contributed by atoms with Crippen LogP contribution in [-0.2, 0) is 4.79 Å². The molecule has 2 amide bonds. The fraction of sp³-hybridized carbons (Fsp3) is 0.579. The molecule has 0 radical (unpaired) electrons. The first-order chi connectivity index (χ1) is 11.4. The van der Waals surface area contributed by atoms with Gasteiger partial charge in [-0.3, -0.25) is 9.59 Å². The van der Waals surface area contributed by atoms with Gasteiger partial charge < -0.3 is 16.4 Å². The fourth-order valence-electron chi connectivity index (χ4n) is 2.22. The molecule has 1 aromatic rings. The number of nitrogens with one attached hydrogen (secondary N) is 2. The number of anilines is 1. The van der Waals surface area contributed by atoms with Crippen LogP contribution >= 0.6 is 11.6 Å². The van der Waals surface area contributed by atoms with Gasteiger partial charge >= 0.3 is 0 Å². The molecule has 0 saturated heterocycles. The number of hydrogen-bond donors (Lipinski definition) is 3. The number of nitrogens with two attached hydrogens (primary N) is 1. The number of amides is 2. The smallest absolute Gasteiger partial charge is 0.253 e. The Morgan fingerprint density at radius 3 is 2.28 bits per heavy atom. The van der Waals surface area contributed by atoms with Crippen molar-refractivity contribution in [3.05, 3.63) is 28.8 Å². The number of carbonyl (C=O) groups is 2. The number of halogens is 1. The van der Waals surface area contributed by atoms with E-state index in [1.54, 1.807) is 18.2 Å². The summed E-state index contributed by atoms with van der Waals surface area (Å²) in [5.74, 6) is -0.247. The summed E-state index contributed by atoms with van der Waals surface area (Å²) < 4.78 is 0. The lowest BCUT2D eigenvalue weighted by Gasteiger charge is -2.33. The SMILES string of the molecule is CC(C)C(C)(CN)NC(=O)c1cc(NC(=O)CC(C)(C)C)ccc1Cl. The van der Waals surface area contributed by atoms with Crippen molar-refractivity contribution >= 4 is 29.1 Å². The topological polar surface area (TPSA) is 84.2 Å². The zero-order chi connectivity index (χ0) is 19.4. The standard InChI is InChI=1S/C19H30ClN3O2/c1-12(2)19(6,11-21)23-17(25)14-9-13(7-8-15(14)20)22-16(24)10-18(3,4)5/h7-9,12H,10-11,21H2,1-6H3,(H,22,24)(H,23,25). The first-order valence-corrected chi connectivity index (χ1v) is 8.88. The van der Waals surface area contributed by atoms with E-state index in [-0.39, 0.29) is 23.1 Å². The fourth-order valence-corrected chi connectivity index (χ4v) is 2.43. The maximum Gasteiger partial charge on any atom is 0.253 e. The molecule has 25 heavy (non-hydrogen) atoms. The molecular formula is C19H30ClN3O2. The Labute approximate surface area is 155 Å². The maximum atomic E-state index is 12.6. The Balaban J connectivity index is 2.98. The van der Waals surface area contributed by atoms with Gasteiger partial charge in [0, 0.05) is 18.7 Å². The van der Waals surface area contributed by atoms with Crippen LogP contribution in [0.15, 0.2) is 18.2 Å². The van der Waals surface area contributed by atoms with Gasteiger partial charge in [0.05, 0.1) is 16.1 Å². The van der Waals surface area contributed by atoms with Crippen LogP contribution in [0.1, 0.15) is 58.3 Å². The number of rotatable bonds is 6. The van der Waals surface area contributed by atoms with Crippen molar-refractivity contribution in [2.45, 2.75) is 53.5 Å². The Kier molecular flexibility index (Phi) is 7.03. The van der Waals surface area contributed by atoms with Crippen molar-refractivity contribution in [2.75, 3.05) is 11.9 Å². The first-order valence-electron chi connectivity index (χ1n) is 8.50. The molecule has 1 aromatic carbocycles. The normalized spacial score (nSPS) is 14.1. The molecule has 140 valence electrons. The second-order valence-corrected chi connectivity index (χ2v) is 8.62. The van der Waals surface area contributed by atoms with E-state index >= 15 is 0 Å². The molecule has 0 bridgehead atoms. The van der Waals surface area contributed by atoms with Crippen LogP contribution in [0.4, 0.5) is 5.69 Å². The summed E-state index contributed by atoms with van der Waals surface area (Å²) in [4.78, 5) is 24.7. The van der Waals surface area contributed by atoms with Gasteiger partial charge in [-0.25, -0.2) is 0 Å². The molecule has 4 N–H and O–H groups in total. The lowest BCUT2D eigenvalue weighted by atomic mass is 9.88. The highest BCUT2D eigenvalue weighted by atomic mass is 35.5. The molecule has 0 aliphatic carbocycles. The quantitative estimate of drug-likeness (QED) is 0.714. The molecule has 0 aliphatic rings. The largest absolute Gasteiger partial charge is 0.345 e. The van der Waals surface area contributed by atoms with Crippen LogP contribution in [0.2, 0.25) is 5.02 Å². The van der Waals surface area contributed by atoms with Gasteiger partial charge in [-0.15, -0.1) is 0 Å². The minimum atomic E-state index is -0.536. The second-order valence-electron chi connectivity index (χ2n) is 8.21. The molecule has 0 aliphatic heterocycles. The van der Waals surface area contributed by atoms with Gasteiger partial charge in [-0.1, -0.05) is 46.2 Å². The summed E-state index contributed by atoms with van der Waals surface area (Å²) in [7, 11) is 0. The Morgan fingerprint density at radius 2 is 1.80 bits per heavy atom. The summed E-state index contributed by atoms with van der Waals surface area (Å²) in [6.07, 6.45) is 0.385. The Hall–Kier alpha value is -1.59. The molecule has 0 heterocycles. The molecule has 0 spiro atoms. The van der Waals surface area contributed by atoms with E-state index in [9.17, 15) is 9.59 Å².